The van der Waals surface area contributed by atoms with E-state index in [1.54, 1.807) is 25.1 Å². The van der Waals surface area contributed by atoms with Gasteiger partial charge in [0.05, 0.1) is 18.3 Å². The molecule has 19 heavy (non-hydrogen) atoms. The second kappa shape index (κ2) is 7.63. The van der Waals surface area contributed by atoms with Gasteiger partial charge in [0.25, 0.3) is 0 Å². The minimum atomic E-state index is -0.374. The second-order valence-electron chi connectivity index (χ2n) is 4.17. The smallest absolute Gasteiger partial charge is 0.340 e. The van der Waals surface area contributed by atoms with E-state index in [1.165, 1.54) is 0 Å². The molecule has 0 aliphatic heterocycles. The van der Waals surface area contributed by atoms with Crippen LogP contribution in [0.5, 0.6) is 0 Å². The lowest BCUT2D eigenvalue weighted by atomic mass is 10.1. The van der Waals surface area contributed by atoms with E-state index in [9.17, 15) is 4.79 Å². The lowest BCUT2D eigenvalue weighted by molar-refractivity contribution is 0.0527. The minimum Gasteiger partial charge on any atom is -0.462 e. The molecule has 0 spiro atoms. The Balaban J connectivity index is 2.79. The number of carbonyl (C=O) groups excluding carboxylic acids is 1. The molecule has 106 valence electrons. The molecule has 0 aliphatic carbocycles. The fourth-order valence-corrected chi connectivity index (χ4v) is 1.69. The molecule has 0 heterocycles. The van der Waals surface area contributed by atoms with Crippen molar-refractivity contribution < 1.29 is 14.3 Å². The van der Waals surface area contributed by atoms with Crippen LogP contribution in [0, 0.1) is 0 Å². The first-order valence-electron chi connectivity index (χ1n) is 6.50. The zero-order valence-electron chi connectivity index (χ0n) is 11.7. The highest BCUT2D eigenvalue weighted by molar-refractivity contribution is 5.96. The summed E-state index contributed by atoms with van der Waals surface area (Å²) in [5.74, 6) is -0.374. The van der Waals surface area contributed by atoms with Crippen LogP contribution in [0.2, 0.25) is 0 Å². The number of anilines is 2. The molecular formula is C14H22N2O3. The van der Waals surface area contributed by atoms with Crippen LogP contribution in [0.3, 0.4) is 0 Å². The summed E-state index contributed by atoms with van der Waals surface area (Å²) >= 11 is 0. The number of nitrogen functional groups attached to an aromatic ring is 1. The van der Waals surface area contributed by atoms with Gasteiger partial charge in [-0.05, 0) is 39.0 Å². The van der Waals surface area contributed by atoms with Gasteiger partial charge in [0.1, 0.15) is 0 Å². The summed E-state index contributed by atoms with van der Waals surface area (Å²) in [6.07, 6.45) is 0.0672. The van der Waals surface area contributed by atoms with Crippen LogP contribution >= 0.6 is 0 Å². The van der Waals surface area contributed by atoms with Gasteiger partial charge in [-0.2, -0.15) is 0 Å². The molecule has 0 fully saturated rings. The number of carbonyl (C=O) groups is 1. The third-order valence-corrected chi connectivity index (χ3v) is 2.57. The highest BCUT2D eigenvalue weighted by Gasteiger charge is 2.13. The van der Waals surface area contributed by atoms with E-state index in [2.05, 4.69) is 5.32 Å². The third-order valence-electron chi connectivity index (χ3n) is 2.57. The third kappa shape index (κ3) is 4.79. The van der Waals surface area contributed by atoms with Crippen molar-refractivity contribution in [2.45, 2.75) is 26.9 Å². The normalized spacial score (nSPS) is 11.9. The molecule has 0 saturated heterocycles. The number of nitrogens with one attached hydrogen (secondary N) is 1. The molecule has 5 nitrogen and oxygen atoms in total. The number of esters is 1. The first kappa shape index (κ1) is 15.3. The number of rotatable bonds is 7. The summed E-state index contributed by atoms with van der Waals surface area (Å²) in [6, 6.07) is 5.14. The Kier molecular flexibility index (Phi) is 6.15. The SMILES string of the molecule is CCOC(=O)c1cc(N)ccc1NCC(C)OCC. The minimum absolute atomic E-state index is 0.0672. The van der Waals surface area contributed by atoms with Gasteiger partial charge in [-0.15, -0.1) is 0 Å². The van der Waals surface area contributed by atoms with E-state index in [-0.39, 0.29) is 12.1 Å². The molecule has 0 radical (unpaired) electrons. The monoisotopic (exact) mass is 266 g/mol. The predicted octanol–water partition coefficient (Wildman–Crippen LogP) is 2.28. The molecule has 0 saturated carbocycles. The van der Waals surface area contributed by atoms with Gasteiger partial charge in [0, 0.05) is 24.5 Å². The number of nitrogens with two attached hydrogens (primary N) is 1. The van der Waals surface area contributed by atoms with Crippen LogP contribution in [0.15, 0.2) is 18.2 Å². The van der Waals surface area contributed by atoms with Crippen molar-refractivity contribution in [2.75, 3.05) is 30.8 Å². The Morgan fingerprint density at radius 1 is 1.37 bits per heavy atom. The van der Waals surface area contributed by atoms with Gasteiger partial charge in [-0.3, -0.25) is 0 Å². The van der Waals surface area contributed by atoms with Crippen LogP contribution in [-0.2, 0) is 9.47 Å². The lowest BCUT2D eigenvalue weighted by Gasteiger charge is -2.16. The molecule has 0 aromatic heterocycles. The topological polar surface area (TPSA) is 73.6 Å². The van der Waals surface area contributed by atoms with Crippen molar-refractivity contribution in [3.63, 3.8) is 0 Å². The van der Waals surface area contributed by atoms with Crippen LogP contribution in [0.25, 0.3) is 0 Å². The average molecular weight is 266 g/mol. The maximum Gasteiger partial charge on any atom is 0.340 e. The summed E-state index contributed by atoms with van der Waals surface area (Å²) in [5, 5.41) is 3.18. The van der Waals surface area contributed by atoms with E-state index in [4.69, 9.17) is 15.2 Å². The molecule has 1 aromatic rings. The second-order valence-corrected chi connectivity index (χ2v) is 4.17. The van der Waals surface area contributed by atoms with Gasteiger partial charge in [0.15, 0.2) is 0 Å². The Morgan fingerprint density at radius 3 is 2.74 bits per heavy atom. The molecule has 1 aromatic carbocycles. The molecule has 1 unspecified atom stereocenters. The molecule has 0 amide bonds. The fraction of sp³-hybridized carbons (Fsp3) is 0.500. The van der Waals surface area contributed by atoms with Gasteiger partial charge < -0.3 is 20.5 Å². The summed E-state index contributed by atoms with van der Waals surface area (Å²) in [5.41, 5.74) is 7.40. The van der Waals surface area contributed by atoms with Crippen molar-refractivity contribution in [2.24, 2.45) is 0 Å². The van der Waals surface area contributed by atoms with Crippen molar-refractivity contribution >= 4 is 17.3 Å². The van der Waals surface area contributed by atoms with Crippen molar-refractivity contribution in [3.05, 3.63) is 23.8 Å². The highest BCUT2D eigenvalue weighted by atomic mass is 16.5. The lowest BCUT2D eigenvalue weighted by Crippen LogP contribution is -2.21. The molecule has 5 heteroatoms. The van der Waals surface area contributed by atoms with E-state index >= 15 is 0 Å². The zero-order chi connectivity index (χ0) is 14.3. The zero-order valence-corrected chi connectivity index (χ0v) is 11.7. The average Bonchev–Trinajstić information content (AvgIpc) is 2.38. The van der Waals surface area contributed by atoms with Gasteiger partial charge in [-0.1, -0.05) is 0 Å². The van der Waals surface area contributed by atoms with Gasteiger partial charge in [-0.25, -0.2) is 4.79 Å². The number of hydrogen-bond acceptors (Lipinski definition) is 5. The maximum atomic E-state index is 11.8. The van der Waals surface area contributed by atoms with Gasteiger partial charge in [0.2, 0.25) is 0 Å². The predicted molar refractivity (Wildman–Crippen MR) is 76.4 cm³/mol. The van der Waals surface area contributed by atoms with Crippen LogP contribution < -0.4 is 11.1 Å². The highest BCUT2D eigenvalue weighted by Crippen LogP contribution is 2.20. The maximum absolute atomic E-state index is 11.8. The quantitative estimate of drug-likeness (QED) is 0.585. The van der Waals surface area contributed by atoms with Crippen LogP contribution in [0.4, 0.5) is 11.4 Å². The molecule has 0 bridgehead atoms. The van der Waals surface area contributed by atoms with Crippen LogP contribution in [-0.4, -0.2) is 31.8 Å². The van der Waals surface area contributed by atoms with Crippen molar-refractivity contribution in [1.29, 1.82) is 0 Å². The Hall–Kier alpha value is -1.75. The Morgan fingerprint density at radius 2 is 2.11 bits per heavy atom. The van der Waals surface area contributed by atoms with Crippen molar-refractivity contribution in [3.8, 4) is 0 Å². The van der Waals surface area contributed by atoms with E-state index < -0.39 is 0 Å². The van der Waals surface area contributed by atoms with E-state index in [1.807, 2.05) is 13.8 Å². The largest absolute Gasteiger partial charge is 0.462 e. The first-order chi connectivity index (χ1) is 9.08. The molecule has 3 N–H and O–H groups in total. The Labute approximate surface area is 114 Å². The number of hydrogen-bond donors (Lipinski definition) is 2. The molecule has 1 rings (SSSR count). The van der Waals surface area contributed by atoms with Crippen molar-refractivity contribution in [1.82, 2.24) is 0 Å². The number of ether oxygens (including phenoxy) is 2. The van der Waals surface area contributed by atoms with E-state index in [0.29, 0.717) is 36.7 Å². The van der Waals surface area contributed by atoms with Gasteiger partial charge >= 0.3 is 5.97 Å². The summed E-state index contributed by atoms with van der Waals surface area (Å²) in [6.45, 7) is 7.30. The first-order valence-corrected chi connectivity index (χ1v) is 6.50. The Bertz CT molecular complexity index is 421. The molecule has 0 aliphatic rings. The fourth-order valence-electron chi connectivity index (χ4n) is 1.69. The van der Waals surface area contributed by atoms with E-state index in [0.717, 1.165) is 0 Å². The number of benzene rings is 1. The van der Waals surface area contributed by atoms with Crippen LogP contribution in [0.1, 0.15) is 31.1 Å². The molecule has 1 atom stereocenters. The summed E-state index contributed by atoms with van der Waals surface area (Å²) < 4.78 is 10.4. The molecular weight excluding hydrogens is 244 g/mol. The summed E-state index contributed by atoms with van der Waals surface area (Å²) in [4.78, 5) is 11.8. The standard InChI is InChI=1S/C14H22N2O3/c1-4-18-10(3)9-16-13-7-6-11(15)8-12(13)14(17)19-5-2/h6-8,10,16H,4-5,9,15H2,1-3H3. The summed E-state index contributed by atoms with van der Waals surface area (Å²) in [7, 11) is 0.